The number of fused-ring (bicyclic) bond motifs is 6. The third kappa shape index (κ3) is 17.9. The predicted octanol–water partition coefficient (Wildman–Crippen LogP) is 7.86. The second-order valence-corrected chi connectivity index (χ2v) is 19.7. The number of aromatic carboxylic acids is 1. The van der Waals surface area contributed by atoms with Gasteiger partial charge in [0.05, 0.1) is 69.6 Å². The molecule has 2 aromatic heterocycles. The topological polar surface area (TPSA) is 340 Å². The van der Waals surface area contributed by atoms with Gasteiger partial charge in [-0.1, -0.05) is 7.43 Å². The predicted molar refractivity (Wildman–Crippen MR) is 309 cm³/mol. The van der Waals surface area contributed by atoms with Gasteiger partial charge in [-0.25, -0.2) is 34.3 Å². The van der Waals surface area contributed by atoms with Crippen LogP contribution in [-0.2, 0) is 31.9 Å². The van der Waals surface area contributed by atoms with Crippen LogP contribution in [0.15, 0.2) is 85.2 Å². The molecule has 2 aliphatic heterocycles. The quantitative estimate of drug-likeness (QED) is 0.0442. The number of nitrogens with one attached hydrogen (secondary N) is 7. The normalized spacial score (nSPS) is 11.8. The number of nitrogens with zero attached hydrogens (tertiary/aromatic N) is 4. The molecule has 0 unspecified atom stereocenters. The van der Waals surface area contributed by atoms with Crippen molar-refractivity contribution in [3.05, 3.63) is 107 Å². The van der Waals surface area contributed by atoms with Crippen LogP contribution < -0.4 is 61.9 Å². The highest BCUT2D eigenvalue weighted by Crippen LogP contribution is 2.37. The molecule has 0 spiro atoms. The summed E-state index contributed by atoms with van der Waals surface area (Å²) >= 11 is 0. The van der Waals surface area contributed by atoms with E-state index < -0.39 is 29.4 Å². The summed E-state index contributed by atoms with van der Waals surface area (Å²) in [5.41, 5.74) is 10.5. The number of carboxylic acid groups (broad SMARTS) is 1. The minimum atomic E-state index is -1.07. The first-order valence-corrected chi connectivity index (χ1v) is 25.2. The number of rotatable bonds is 15. The highest BCUT2D eigenvalue weighted by atomic mass is 16.6. The number of carbonyl (C=O) groups excluding carboxylic acids is 5. The maximum absolute atomic E-state index is 12.7. The molecule has 5 amide bonds. The smallest absolute Gasteiger partial charge is 0.407 e. The van der Waals surface area contributed by atoms with Crippen LogP contribution in [0.3, 0.4) is 0 Å². The molecule has 8 rings (SSSR count). The molecule has 2 aliphatic rings. The van der Waals surface area contributed by atoms with Crippen molar-refractivity contribution in [2.24, 2.45) is 5.73 Å². The maximum atomic E-state index is 12.7. The van der Waals surface area contributed by atoms with E-state index in [1.807, 2.05) is 26.8 Å². The zero-order valence-corrected chi connectivity index (χ0v) is 46.5. The van der Waals surface area contributed by atoms with Crippen molar-refractivity contribution in [2.75, 3.05) is 75.9 Å². The second-order valence-electron chi connectivity index (χ2n) is 19.7. The zero-order valence-electron chi connectivity index (χ0n) is 46.5. The van der Waals surface area contributed by atoms with E-state index in [9.17, 15) is 33.9 Å². The van der Waals surface area contributed by atoms with E-state index in [0.29, 0.717) is 110 Å². The molecule has 6 aromatic rings. The van der Waals surface area contributed by atoms with E-state index in [4.69, 9.17) is 34.2 Å². The van der Waals surface area contributed by atoms with E-state index in [0.717, 1.165) is 0 Å². The number of hydrogen-bond donors (Lipinski definition) is 9. The first-order chi connectivity index (χ1) is 38.5. The summed E-state index contributed by atoms with van der Waals surface area (Å²) in [5, 5.41) is 28.9. The lowest BCUT2D eigenvalue weighted by molar-refractivity contribution is -0.116. The number of anilines is 6. The molecular weight excluding hydrogens is 1060 g/mol. The molecule has 0 radical (unpaired) electrons. The number of carboxylic acids is 1. The maximum Gasteiger partial charge on any atom is 0.407 e. The van der Waals surface area contributed by atoms with Crippen LogP contribution in [0.1, 0.15) is 80.8 Å². The summed E-state index contributed by atoms with van der Waals surface area (Å²) < 4.78 is 31.3. The third-order valence-electron chi connectivity index (χ3n) is 11.2. The van der Waals surface area contributed by atoms with E-state index in [2.05, 4.69) is 57.2 Å². The van der Waals surface area contributed by atoms with E-state index in [1.165, 1.54) is 12.1 Å². The fourth-order valence-corrected chi connectivity index (χ4v) is 7.71. The number of ether oxygens (including phenoxy) is 6. The van der Waals surface area contributed by atoms with Crippen molar-refractivity contribution in [1.29, 1.82) is 0 Å². The largest absolute Gasteiger partial charge is 0.493 e. The lowest BCUT2D eigenvalue weighted by Gasteiger charge is -2.19. The van der Waals surface area contributed by atoms with Gasteiger partial charge < -0.3 is 76.5 Å². The summed E-state index contributed by atoms with van der Waals surface area (Å²) in [6.07, 6.45) is 2.39. The van der Waals surface area contributed by atoms with Crippen molar-refractivity contribution >= 4 is 70.5 Å². The van der Waals surface area contributed by atoms with Crippen LogP contribution >= 0.6 is 0 Å². The molecule has 25 heteroatoms. The number of methoxy groups -OCH3 is 4. The summed E-state index contributed by atoms with van der Waals surface area (Å²) in [5.74, 6) is 1.000. The van der Waals surface area contributed by atoms with Gasteiger partial charge in [-0.2, -0.15) is 0 Å². The Morgan fingerprint density at radius 2 is 0.988 bits per heavy atom. The minimum Gasteiger partial charge on any atom is -0.493 e. The fourth-order valence-electron chi connectivity index (χ4n) is 7.71. The van der Waals surface area contributed by atoms with Crippen molar-refractivity contribution in [3.8, 4) is 45.5 Å². The number of hydrogen-bond acceptors (Lipinski definition) is 19. The SMILES string of the molecule is C.CC(C)(C)OC(=O)NCCN.COc1ccc(Nc2ncc3c(n2)-c2ccc(C(=O)NCCNC(=O)OC(C)(C)C)cc2NC(=O)C3)cc1OC.COc1ccc(Nc2ncc3c(n2)-c2ccc(C(=O)O)cc2NC(=O)C3)cc1OC. The molecule has 0 saturated carbocycles. The number of aromatic nitrogens is 4. The standard InChI is InChI=1S/C28H32N6O6.C21H18N4O5.C7H16N2O2.CH4/c1-28(2,3)40-27(37)30-11-10-29-25(36)16-6-8-19-20(12-16)33-23(35)13-17-15-31-26(34-24(17)19)32-18-7-9-21(38-4)22(14-18)39-5;1-29-16-6-4-13(9-17(16)30-2)23-21-22-10-12-8-18(26)24-15-7-11(20(27)28)3-5-14(15)19(12)25-21;1-7(2,3)11-6(10)9-5-4-8;/h6-9,12,14-15H,10-11,13H2,1-5H3,(H,29,36)(H,30,37)(H,33,35)(H,31,32,34);3-7,9-10H,8H2,1-2H3,(H,24,26)(H,27,28)(H,22,23,25);4-5,8H2,1-3H3,(H,9,10);1H4. The molecule has 82 heavy (non-hydrogen) atoms. The van der Waals surface area contributed by atoms with Gasteiger partial charge in [0.2, 0.25) is 23.7 Å². The lowest BCUT2D eigenvalue weighted by atomic mass is 10.0. The Bertz CT molecular complexity index is 3290. The Morgan fingerprint density at radius 1 is 0.573 bits per heavy atom. The molecule has 0 aliphatic carbocycles. The van der Waals surface area contributed by atoms with Crippen LogP contribution in [-0.4, -0.2) is 127 Å². The van der Waals surface area contributed by atoms with E-state index >= 15 is 0 Å². The molecule has 436 valence electrons. The monoisotopic (exact) mass is 1130 g/mol. The number of carbonyl (C=O) groups is 6. The highest BCUT2D eigenvalue weighted by molar-refractivity contribution is 6.04. The Labute approximate surface area is 474 Å². The summed E-state index contributed by atoms with van der Waals surface area (Å²) in [7, 11) is 6.22. The van der Waals surface area contributed by atoms with Gasteiger partial charge in [0.15, 0.2) is 23.0 Å². The molecule has 4 heterocycles. The van der Waals surface area contributed by atoms with Crippen LogP contribution in [0.2, 0.25) is 0 Å². The van der Waals surface area contributed by atoms with Gasteiger partial charge in [-0.05, 0) is 102 Å². The summed E-state index contributed by atoms with van der Waals surface area (Å²) in [4.78, 5) is 89.4. The Hall–Kier alpha value is -9.78. The summed E-state index contributed by atoms with van der Waals surface area (Å²) in [6.45, 7) is 12.0. The summed E-state index contributed by atoms with van der Waals surface area (Å²) in [6, 6.07) is 20.2. The fraction of sp³-hybridized carbons (Fsp3) is 0.333. The average Bonchev–Trinajstić information content (AvgIpc) is 3.93. The van der Waals surface area contributed by atoms with Crippen LogP contribution in [0.4, 0.5) is 44.2 Å². The van der Waals surface area contributed by atoms with E-state index in [-0.39, 0.29) is 56.6 Å². The number of benzene rings is 4. The first kappa shape index (κ1) is 63.1. The molecular formula is C57H70N12O13. The zero-order chi connectivity index (χ0) is 59.0. The molecule has 10 N–H and O–H groups in total. The van der Waals surface area contributed by atoms with Gasteiger partial charge in [0.1, 0.15) is 11.2 Å². The van der Waals surface area contributed by atoms with Crippen LogP contribution in [0.5, 0.6) is 23.0 Å². The van der Waals surface area contributed by atoms with Crippen molar-refractivity contribution < 1.29 is 62.3 Å². The molecule has 0 saturated heterocycles. The molecule has 25 nitrogen and oxygen atoms in total. The van der Waals surface area contributed by atoms with Gasteiger partial charge in [0.25, 0.3) is 5.91 Å². The van der Waals surface area contributed by atoms with Crippen molar-refractivity contribution in [1.82, 2.24) is 35.9 Å². The number of nitrogens with two attached hydrogens (primary N) is 1. The molecule has 4 aromatic carbocycles. The Morgan fingerprint density at radius 3 is 1.40 bits per heavy atom. The Kier molecular flexibility index (Phi) is 21.8. The average molecular weight is 1130 g/mol. The van der Waals surface area contributed by atoms with Crippen LogP contribution in [0.25, 0.3) is 22.5 Å². The van der Waals surface area contributed by atoms with Crippen molar-refractivity contribution in [3.63, 3.8) is 0 Å². The minimum absolute atomic E-state index is 0. The van der Waals surface area contributed by atoms with Gasteiger partial charge in [-0.15, -0.1) is 0 Å². The number of amides is 5. The molecule has 0 bridgehead atoms. The highest BCUT2D eigenvalue weighted by Gasteiger charge is 2.25. The Balaban J connectivity index is 0.000000258. The first-order valence-electron chi connectivity index (χ1n) is 25.2. The van der Waals surface area contributed by atoms with Crippen molar-refractivity contribution in [2.45, 2.75) is 73.0 Å². The van der Waals surface area contributed by atoms with E-state index in [1.54, 1.807) is 116 Å². The molecule has 0 atom stereocenters. The molecule has 0 fully saturated rings. The van der Waals surface area contributed by atoms with Gasteiger partial charge in [-0.3, -0.25) is 14.4 Å². The lowest BCUT2D eigenvalue weighted by Crippen LogP contribution is -2.37. The number of alkyl carbamates (subject to hydrolysis) is 2. The van der Waals surface area contributed by atoms with Crippen LogP contribution in [0, 0.1) is 0 Å². The third-order valence-corrected chi connectivity index (χ3v) is 11.2. The second kappa shape index (κ2) is 28.4. The van der Waals surface area contributed by atoms with Gasteiger partial charge in [0, 0.05) is 89.9 Å². The van der Waals surface area contributed by atoms with Gasteiger partial charge >= 0.3 is 18.2 Å².